The molecule has 2 aromatic rings. The molecule has 0 fully saturated rings. The Hall–Kier alpha value is -2.40. The molecule has 6 heteroatoms. The van der Waals surface area contributed by atoms with Crippen LogP contribution in [0.25, 0.3) is 0 Å². The molecule has 5 nitrogen and oxygen atoms in total. The molecule has 1 unspecified atom stereocenters. The number of aromatic hydroxyl groups is 2. The minimum absolute atomic E-state index is 0.00837. The van der Waals surface area contributed by atoms with E-state index in [-0.39, 0.29) is 28.1 Å². The molecule has 0 bridgehead atoms. The number of phenolic OH excluding ortho intramolecular Hbond substituents is 2. The van der Waals surface area contributed by atoms with Crippen LogP contribution in [-0.4, -0.2) is 16.1 Å². The molecule has 0 radical (unpaired) electrons. The van der Waals surface area contributed by atoms with Gasteiger partial charge in [-0.05, 0) is 37.3 Å². The average molecular weight is 307 g/mol. The normalized spacial score (nSPS) is 11.9. The lowest BCUT2D eigenvalue weighted by molar-refractivity contribution is 0.100. The van der Waals surface area contributed by atoms with Crippen LogP contribution in [0.2, 0.25) is 5.02 Å². The van der Waals surface area contributed by atoms with E-state index >= 15 is 0 Å². The quantitative estimate of drug-likeness (QED) is 0.698. The molecule has 1 atom stereocenters. The number of amides is 1. The number of hydrogen-bond donors (Lipinski definition) is 4. The smallest absolute Gasteiger partial charge is 0.250 e. The Labute approximate surface area is 127 Å². The summed E-state index contributed by atoms with van der Waals surface area (Å²) < 4.78 is 0. The number of benzene rings is 2. The zero-order valence-corrected chi connectivity index (χ0v) is 12.1. The number of carbonyl (C=O) groups excluding carboxylic acids is 1. The van der Waals surface area contributed by atoms with Crippen LogP contribution in [-0.2, 0) is 0 Å². The monoisotopic (exact) mass is 306 g/mol. The van der Waals surface area contributed by atoms with Crippen LogP contribution in [0.1, 0.15) is 28.9 Å². The van der Waals surface area contributed by atoms with E-state index in [2.05, 4.69) is 5.32 Å². The molecule has 110 valence electrons. The largest absolute Gasteiger partial charge is 0.508 e. The lowest BCUT2D eigenvalue weighted by atomic mass is 10.1. The molecule has 0 saturated heterocycles. The lowest BCUT2D eigenvalue weighted by Crippen LogP contribution is -2.13. The third kappa shape index (κ3) is 3.38. The summed E-state index contributed by atoms with van der Waals surface area (Å²) in [6.45, 7) is 1.84. The first-order valence-corrected chi connectivity index (χ1v) is 6.64. The molecule has 0 aliphatic carbocycles. The molecule has 5 N–H and O–H groups in total. The topological polar surface area (TPSA) is 95.6 Å². The van der Waals surface area contributed by atoms with Gasteiger partial charge in [0, 0.05) is 17.3 Å². The highest BCUT2D eigenvalue weighted by molar-refractivity contribution is 6.33. The van der Waals surface area contributed by atoms with Gasteiger partial charge in [0.25, 0.3) is 0 Å². The minimum Gasteiger partial charge on any atom is -0.508 e. The molecular weight excluding hydrogens is 292 g/mol. The molecule has 1 amide bonds. The average Bonchev–Trinajstić information content (AvgIpc) is 2.40. The van der Waals surface area contributed by atoms with Gasteiger partial charge in [0.1, 0.15) is 11.5 Å². The van der Waals surface area contributed by atoms with Crippen LogP contribution in [0.15, 0.2) is 36.4 Å². The van der Waals surface area contributed by atoms with Gasteiger partial charge in [0.05, 0.1) is 16.6 Å². The van der Waals surface area contributed by atoms with Gasteiger partial charge in [-0.3, -0.25) is 4.79 Å². The van der Waals surface area contributed by atoms with Crippen molar-refractivity contribution in [2.45, 2.75) is 13.0 Å². The van der Waals surface area contributed by atoms with E-state index in [1.807, 2.05) is 6.92 Å². The number of nitrogens with one attached hydrogen (secondary N) is 1. The molecule has 0 heterocycles. The number of rotatable bonds is 4. The fourth-order valence-electron chi connectivity index (χ4n) is 2.03. The molecule has 2 aromatic carbocycles. The predicted octanol–water partition coefficient (Wildman–Crippen LogP) is 3.02. The number of phenols is 2. The maximum absolute atomic E-state index is 11.3. The summed E-state index contributed by atoms with van der Waals surface area (Å²) in [4.78, 5) is 11.3. The first-order chi connectivity index (χ1) is 9.88. The fraction of sp³-hybridized carbons (Fsp3) is 0.133. The first kappa shape index (κ1) is 15.0. The zero-order valence-electron chi connectivity index (χ0n) is 11.3. The van der Waals surface area contributed by atoms with Gasteiger partial charge >= 0.3 is 0 Å². The summed E-state index contributed by atoms with van der Waals surface area (Å²) in [5.74, 6) is -0.631. The van der Waals surface area contributed by atoms with Crippen LogP contribution < -0.4 is 11.1 Å². The van der Waals surface area contributed by atoms with Crippen LogP contribution in [0.3, 0.4) is 0 Å². The fourth-order valence-corrected chi connectivity index (χ4v) is 2.24. The van der Waals surface area contributed by atoms with Crippen molar-refractivity contribution in [3.63, 3.8) is 0 Å². The highest BCUT2D eigenvalue weighted by Gasteiger charge is 2.13. The van der Waals surface area contributed by atoms with Crippen molar-refractivity contribution < 1.29 is 15.0 Å². The van der Waals surface area contributed by atoms with E-state index in [0.29, 0.717) is 11.3 Å². The molecule has 0 aliphatic rings. The van der Waals surface area contributed by atoms with E-state index < -0.39 is 5.91 Å². The van der Waals surface area contributed by atoms with Crippen molar-refractivity contribution >= 4 is 23.2 Å². The summed E-state index contributed by atoms with van der Waals surface area (Å²) in [7, 11) is 0. The number of nitrogens with two attached hydrogens (primary N) is 1. The van der Waals surface area contributed by atoms with Crippen molar-refractivity contribution in [2.75, 3.05) is 5.32 Å². The summed E-state index contributed by atoms with van der Waals surface area (Å²) in [5, 5.41) is 22.5. The molecule has 2 rings (SSSR count). The second-order valence-corrected chi connectivity index (χ2v) is 5.08. The van der Waals surface area contributed by atoms with Crippen molar-refractivity contribution in [2.24, 2.45) is 5.73 Å². The number of anilines is 1. The number of carbonyl (C=O) groups is 1. The van der Waals surface area contributed by atoms with Gasteiger partial charge < -0.3 is 21.3 Å². The summed E-state index contributed by atoms with van der Waals surface area (Å²) >= 11 is 5.89. The van der Waals surface area contributed by atoms with Crippen molar-refractivity contribution in [1.29, 1.82) is 0 Å². The van der Waals surface area contributed by atoms with E-state index in [9.17, 15) is 15.0 Å². The van der Waals surface area contributed by atoms with Gasteiger partial charge in [-0.2, -0.15) is 0 Å². The highest BCUT2D eigenvalue weighted by Crippen LogP contribution is 2.30. The maximum atomic E-state index is 11.3. The Balaban J connectivity index is 2.25. The van der Waals surface area contributed by atoms with Crippen LogP contribution >= 0.6 is 11.6 Å². The third-order valence-electron chi connectivity index (χ3n) is 3.10. The van der Waals surface area contributed by atoms with E-state index in [1.165, 1.54) is 12.1 Å². The molecule has 0 aliphatic heterocycles. The van der Waals surface area contributed by atoms with Gasteiger partial charge in [-0.15, -0.1) is 0 Å². The predicted molar refractivity (Wildman–Crippen MR) is 81.8 cm³/mol. The van der Waals surface area contributed by atoms with Crippen LogP contribution in [0, 0.1) is 0 Å². The molecule has 0 aromatic heterocycles. The van der Waals surface area contributed by atoms with Crippen LogP contribution in [0.5, 0.6) is 11.5 Å². The Kier molecular flexibility index (Phi) is 4.23. The Bertz CT molecular complexity index is 689. The Morgan fingerprint density at radius 2 is 1.95 bits per heavy atom. The first-order valence-electron chi connectivity index (χ1n) is 6.26. The van der Waals surface area contributed by atoms with Gasteiger partial charge in [0.2, 0.25) is 5.91 Å². The SMILES string of the molecule is CC(Nc1ccc(Cl)c(C(N)=O)c1)c1ccc(O)cc1O. The lowest BCUT2D eigenvalue weighted by Gasteiger charge is -2.17. The van der Waals surface area contributed by atoms with Crippen molar-refractivity contribution in [3.8, 4) is 11.5 Å². The van der Waals surface area contributed by atoms with E-state index in [4.69, 9.17) is 17.3 Å². The molecular formula is C15H15ClN2O3. The number of hydrogen-bond acceptors (Lipinski definition) is 4. The highest BCUT2D eigenvalue weighted by atomic mass is 35.5. The van der Waals surface area contributed by atoms with Gasteiger partial charge in [0.15, 0.2) is 0 Å². The zero-order chi connectivity index (χ0) is 15.6. The second-order valence-electron chi connectivity index (χ2n) is 4.67. The Morgan fingerprint density at radius 1 is 1.24 bits per heavy atom. The summed E-state index contributed by atoms with van der Waals surface area (Å²) in [6.07, 6.45) is 0. The molecule has 0 saturated carbocycles. The van der Waals surface area contributed by atoms with E-state index in [1.54, 1.807) is 24.3 Å². The number of halogens is 1. The standard InChI is InChI=1S/C15H15ClN2O3/c1-8(11-4-3-10(19)7-14(11)20)18-9-2-5-13(16)12(6-9)15(17)21/h2-8,18-20H,1H3,(H2,17,21). The molecule has 21 heavy (non-hydrogen) atoms. The minimum atomic E-state index is -0.608. The summed E-state index contributed by atoms with van der Waals surface area (Å²) in [6, 6.07) is 8.98. The van der Waals surface area contributed by atoms with Gasteiger partial charge in [-0.1, -0.05) is 11.6 Å². The van der Waals surface area contributed by atoms with E-state index in [0.717, 1.165) is 0 Å². The molecule has 0 spiro atoms. The maximum Gasteiger partial charge on any atom is 0.250 e. The number of primary amides is 1. The third-order valence-corrected chi connectivity index (χ3v) is 3.43. The Morgan fingerprint density at radius 3 is 2.57 bits per heavy atom. The van der Waals surface area contributed by atoms with Crippen LogP contribution in [0.4, 0.5) is 5.69 Å². The van der Waals surface area contributed by atoms with Crippen molar-refractivity contribution in [3.05, 3.63) is 52.5 Å². The van der Waals surface area contributed by atoms with Crippen molar-refractivity contribution in [1.82, 2.24) is 0 Å². The summed E-state index contributed by atoms with van der Waals surface area (Å²) in [5.41, 5.74) is 6.73. The van der Waals surface area contributed by atoms with Gasteiger partial charge in [-0.25, -0.2) is 0 Å². The second kappa shape index (κ2) is 5.93.